The third-order valence-electron chi connectivity index (χ3n) is 3.52. The van der Waals surface area contributed by atoms with Gasteiger partial charge in [0, 0.05) is 23.6 Å². The van der Waals surface area contributed by atoms with Crippen molar-refractivity contribution in [1.82, 2.24) is 10.3 Å². The van der Waals surface area contributed by atoms with E-state index in [2.05, 4.69) is 20.9 Å². The Balaban J connectivity index is 1.61. The zero-order chi connectivity index (χ0) is 16.9. The Labute approximate surface area is 139 Å². The predicted octanol–water partition coefficient (Wildman–Crippen LogP) is 2.63. The lowest BCUT2D eigenvalue weighted by molar-refractivity contribution is 0.102. The minimum atomic E-state index is -0.313. The molecule has 0 atom stereocenters. The number of pyridine rings is 1. The number of methoxy groups -OCH3 is 1. The van der Waals surface area contributed by atoms with Gasteiger partial charge in [0.25, 0.3) is 5.91 Å². The molecule has 0 radical (unpaired) electrons. The van der Waals surface area contributed by atoms with Crippen molar-refractivity contribution in [3.05, 3.63) is 48.2 Å². The third kappa shape index (κ3) is 4.01. The molecule has 0 aliphatic heterocycles. The normalized spacial score (nSPS) is 13.0. The molecule has 7 nitrogen and oxygen atoms in total. The second-order valence-corrected chi connectivity index (χ2v) is 5.46. The molecule has 1 aromatic carbocycles. The van der Waals surface area contributed by atoms with Gasteiger partial charge in [0.15, 0.2) is 0 Å². The maximum Gasteiger partial charge on any atom is 0.319 e. The lowest BCUT2D eigenvalue weighted by Gasteiger charge is -2.10. The molecule has 3 amide bonds. The van der Waals surface area contributed by atoms with E-state index in [4.69, 9.17) is 4.74 Å². The molecule has 7 heteroatoms. The number of ether oxygens (including phenoxy) is 1. The number of rotatable bonds is 5. The number of anilines is 2. The van der Waals surface area contributed by atoms with Gasteiger partial charge in [0.05, 0.1) is 7.11 Å². The molecule has 0 spiro atoms. The summed E-state index contributed by atoms with van der Waals surface area (Å²) in [5.41, 5.74) is 1.62. The van der Waals surface area contributed by atoms with E-state index in [1.165, 1.54) is 7.11 Å². The maximum absolute atomic E-state index is 12.3. The zero-order valence-electron chi connectivity index (χ0n) is 13.2. The van der Waals surface area contributed by atoms with E-state index in [-0.39, 0.29) is 17.8 Å². The van der Waals surface area contributed by atoms with Crippen LogP contribution in [-0.4, -0.2) is 30.1 Å². The fourth-order valence-corrected chi connectivity index (χ4v) is 2.14. The van der Waals surface area contributed by atoms with Crippen molar-refractivity contribution < 1.29 is 14.3 Å². The average molecular weight is 326 g/mol. The van der Waals surface area contributed by atoms with Crippen molar-refractivity contribution in [2.75, 3.05) is 17.7 Å². The smallest absolute Gasteiger partial charge is 0.319 e. The predicted molar refractivity (Wildman–Crippen MR) is 90.4 cm³/mol. The van der Waals surface area contributed by atoms with Crippen molar-refractivity contribution in [3.63, 3.8) is 0 Å². The molecular weight excluding hydrogens is 308 g/mol. The molecule has 1 aliphatic carbocycles. The van der Waals surface area contributed by atoms with Crippen molar-refractivity contribution >= 4 is 23.3 Å². The Hall–Kier alpha value is -3.09. The van der Waals surface area contributed by atoms with Crippen LogP contribution in [-0.2, 0) is 0 Å². The van der Waals surface area contributed by atoms with Crippen LogP contribution in [0.1, 0.15) is 23.2 Å². The molecule has 3 N–H and O–H groups in total. The largest absolute Gasteiger partial charge is 0.480 e. The highest BCUT2D eigenvalue weighted by molar-refractivity contribution is 6.05. The Morgan fingerprint density at radius 3 is 2.38 bits per heavy atom. The van der Waals surface area contributed by atoms with Gasteiger partial charge in [-0.25, -0.2) is 9.78 Å². The number of benzene rings is 1. The molecule has 124 valence electrons. The Kier molecular flexibility index (Phi) is 4.60. The van der Waals surface area contributed by atoms with E-state index >= 15 is 0 Å². The van der Waals surface area contributed by atoms with Gasteiger partial charge in [-0.1, -0.05) is 0 Å². The van der Waals surface area contributed by atoms with Crippen LogP contribution in [0.3, 0.4) is 0 Å². The fourth-order valence-electron chi connectivity index (χ4n) is 2.14. The molecule has 0 saturated heterocycles. The standard InChI is InChI=1S/C17H18N4O3/c1-24-16-14(3-2-10-18-16)15(22)19-11-4-6-12(7-5-11)20-17(23)21-13-8-9-13/h2-7,10,13H,8-9H2,1H3,(H,19,22)(H2,20,21,23). The number of aromatic nitrogens is 1. The molecule has 3 rings (SSSR count). The highest BCUT2D eigenvalue weighted by Gasteiger charge is 2.23. The van der Waals surface area contributed by atoms with Crippen molar-refractivity contribution in [2.24, 2.45) is 0 Å². The summed E-state index contributed by atoms with van der Waals surface area (Å²) in [6.45, 7) is 0. The summed E-state index contributed by atoms with van der Waals surface area (Å²) in [6, 6.07) is 10.3. The highest BCUT2D eigenvalue weighted by atomic mass is 16.5. The summed E-state index contributed by atoms with van der Waals surface area (Å²) in [6.07, 6.45) is 3.63. The summed E-state index contributed by atoms with van der Waals surface area (Å²) in [5, 5.41) is 8.36. The minimum absolute atomic E-state index is 0.214. The molecule has 0 bridgehead atoms. The summed E-state index contributed by atoms with van der Waals surface area (Å²) >= 11 is 0. The number of carbonyl (C=O) groups excluding carboxylic acids is 2. The molecule has 1 heterocycles. The topological polar surface area (TPSA) is 92.3 Å². The van der Waals surface area contributed by atoms with Gasteiger partial charge in [-0.15, -0.1) is 0 Å². The fraction of sp³-hybridized carbons (Fsp3) is 0.235. The number of amides is 3. The van der Waals surface area contributed by atoms with E-state index in [0.717, 1.165) is 12.8 Å². The van der Waals surface area contributed by atoms with Crippen LogP contribution in [0.5, 0.6) is 5.88 Å². The van der Waals surface area contributed by atoms with Crippen molar-refractivity contribution in [3.8, 4) is 5.88 Å². The van der Waals surface area contributed by atoms with Crippen LogP contribution in [0.2, 0.25) is 0 Å². The minimum Gasteiger partial charge on any atom is -0.480 e. The first-order valence-corrected chi connectivity index (χ1v) is 7.63. The second-order valence-electron chi connectivity index (χ2n) is 5.46. The molecular formula is C17H18N4O3. The molecule has 1 saturated carbocycles. The summed E-state index contributed by atoms with van der Waals surface area (Å²) in [5.74, 6) is -0.0443. The molecule has 2 aromatic rings. The van der Waals surface area contributed by atoms with E-state index < -0.39 is 0 Å². The number of hydrogen-bond donors (Lipinski definition) is 3. The lowest BCUT2D eigenvalue weighted by Crippen LogP contribution is -2.30. The van der Waals surface area contributed by atoms with Crippen LogP contribution < -0.4 is 20.7 Å². The van der Waals surface area contributed by atoms with Gasteiger partial charge in [-0.3, -0.25) is 4.79 Å². The summed E-state index contributed by atoms with van der Waals surface area (Å²) < 4.78 is 5.08. The first-order valence-electron chi connectivity index (χ1n) is 7.63. The van der Waals surface area contributed by atoms with E-state index in [1.54, 1.807) is 42.6 Å². The van der Waals surface area contributed by atoms with Gasteiger partial charge in [0.2, 0.25) is 5.88 Å². The zero-order valence-corrected chi connectivity index (χ0v) is 13.2. The number of nitrogens with one attached hydrogen (secondary N) is 3. The van der Waals surface area contributed by atoms with Gasteiger partial charge in [-0.05, 0) is 49.2 Å². The molecule has 0 unspecified atom stereocenters. The number of urea groups is 1. The van der Waals surface area contributed by atoms with Crippen LogP contribution in [0.15, 0.2) is 42.6 Å². The van der Waals surface area contributed by atoms with Crippen LogP contribution in [0, 0.1) is 0 Å². The van der Waals surface area contributed by atoms with E-state index in [1.807, 2.05) is 0 Å². The van der Waals surface area contributed by atoms with Crippen LogP contribution in [0.4, 0.5) is 16.2 Å². The Morgan fingerprint density at radius 1 is 1.08 bits per heavy atom. The quantitative estimate of drug-likeness (QED) is 0.787. The first-order chi connectivity index (χ1) is 11.7. The second kappa shape index (κ2) is 6.99. The van der Waals surface area contributed by atoms with Gasteiger partial charge < -0.3 is 20.7 Å². The number of carbonyl (C=O) groups is 2. The monoisotopic (exact) mass is 326 g/mol. The van der Waals surface area contributed by atoms with Crippen molar-refractivity contribution in [2.45, 2.75) is 18.9 Å². The lowest BCUT2D eigenvalue weighted by atomic mass is 10.2. The first kappa shape index (κ1) is 15.8. The third-order valence-corrected chi connectivity index (χ3v) is 3.52. The molecule has 24 heavy (non-hydrogen) atoms. The number of hydrogen-bond acceptors (Lipinski definition) is 4. The maximum atomic E-state index is 12.3. The van der Waals surface area contributed by atoms with Crippen LogP contribution in [0.25, 0.3) is 0 Å². The summed E-state index contributed by atoms with van der Waals surface area (Å²) in [7, 11) is 1.46. The molecule has 1 aliphatic rings. The van der Waals surface area contributed by atoms with Gasteiger partial charge in [0.1, 0.15) is 5.56 Å². The van der Waals surface area contributed by atoms with Gasteiger partial charge in [-0.2, -0.15) is 0 Å². The Bertz CT molecular complexity index is 742. The van der Waals surface area contributed by atoms with Gasteiger partial charge >= 0.3 is 6.03 Å². The SMILES string of the molecule is COc1ncccc1C(=O)Nc1ccc(NC(=O)NC2CC2)cc1. The van der Waals surface area contributed by atoms with E-state index in [9.17, 15) is 9.59 Å². The Morgan fingerprint density at radius 2 is 1.75 bits per heavy atom. The van der Waals surface area contributed by atoms with Crippen molar-refractivity contribution in [1.29, 1.82) is 0 Å². The molecule has 1 aromatic heterocycles. The van der Waals surface area contributed by atoms with Crippen LogP contribution >= 0.6 is 0 Å². The summed E-state index contributed by atoms with van der Waals surface area (Å²) in [4.78, 5) is 27.9. The average Bonchev–Trinajstić information content (AvgIpc) is 3.40. The highest BCUT2D eigenvalue weighted by Crippen LogP contribution is 2.20. The van der Waals surface area contributed by atoms with E-state index in [0.29, 0.717) is 23.0 Å². The number of nitrogens with zero attached hydrogens (tertiary/aromatic N) is 1. The molecule has 1 fully saturated rings.